The summed E-state index contributed by atoms with van der Waals surface area (Å²) in [6, 6.07) is 15.6. The molecule has 4 aromatic rings. The van der Waals surface area contributed by atoms with E-state index in [-0.39, 0.29) is 24.8 Å². The molecule has 0 bridgehead atoms. The van der Waals surface area contributed by atoms with Crippen LogP contribution in [0.3, 0.4) is 0 Å². The number of hydrogen-bond acceptors (Lipinski definition) is 7. The highest BCUT2D eigenvalue weighted by atomic mass is 35.5. The smallest absolute Gasteiger partial charge is 0.188 e. The summed E-state index contributed by atoms with van der Waals surface area (Å²) in [7, 11) is 0. The summed E-state index contributed by atoms with van der Waals surface area (Å²) >= 11 is 3.14. The molecule has 0 aliphatic carbocycles. The minimum atomic E-state index is 0. The minimum Gasteiger partial charge on any atom is -0.453 e. The van der Waals surface area contributed by atoms with Gasteiger partial charge in [0.25, 0.3) is 0 Å². The number of ether oxygens (including phenoxy) is 1. The lowest BCUT2D eigenvalue weighted by molar-refractivity contribution is 0.481. The molecule has 0 saturated carbocycles. The average molecular weight is 465 g/mol. The second-order valence-corrected chi connectivity index (χ2v) is 7.64. The number of para-hydroxylation sites is 1. The molecular formula is C20H18Cl2N4OS2. The predicted molar refractivity (Wildman–Crippen MR) is 124 cm³/mol. The van der Waals surface area contributed by atoms with E-state index >= 15 is 0 Å². The van der Waals surface area contributed by atoms with Crippen LogP contribution in [0.2, 0.25) is 0 Å². The van der Waals surface area contributed by atoms with Crippen LogP contribution in [0.4, 0.5) is 10.9 Å². The van der Waals surface area contributed by atoms with Gasteiger partial charge in [0.15, 0.2) is 16.7 Å². The van der Waals surface area contributed by atoms with Crippen molar-refractivity contribution in [2.24, 2.45) is 0 Å². The summed E-state index contributed by atoms with van der Waals surface area (Å²) in [5, 5.41) is 6.04. The Morgan fingerprint density at radius 3 is 2.45 bits per heavy atom. The van der Waals surface area contributed by atoms with Crippen LogP contribution in [0.15, 0.2) is 82.3 Å². The van der Waals surface area contributed by atoms with Crippen molar-refractivity contribution in [3.05, 3.63) is 78.2 Å². The van der Waals surface area contributed by atoms with Crippen molar-refractivity contribution in [2.45, 2.75) is 16.7 Å². The Morgan fingerprint density at radius 2 is 1.76 bits per heavy atom. The van der Waals surface area contributed by atoms with Crippen molar-refractivity contribution < 1.29 is 4.74 Å². The summed E-state index contributed by atoms with van der Waals surface area (Å²) in [4.78, 5) is 15.1. The molecule has 0 atom stereocenters. The second-order valence-electron chi connectivity index (χ2n) is 5.64. The normalized spacial score (nSPS) is 9.83. The molecule has 0 amide bonds. The molecule has 0 aliphatic rings. The number of rotatable bonds is 6. The maximum absolute atomic E-state index is 6.09. The van der Waals surface area contributed by atoms with Gasteiger partial charge in [0.1, 0.15) is 5.75 Å². The highest BCUT2D eigenvalue weighted by molar-refractivity contribution is 7.99. The lowest BCUT2D eigenvalue weighted by Crippen LogP contribution is -1.97. The molecule has 0 saturated heterocycles. The number of halogens is 2. The van der Waals surface area contributed by atoms with Gasteiger partial charge in [-0.3, -0.25) is 4.98 Å². The molecule has 0 fully saturated rings. The second kappa shape index (κ2) is 11.0. The van der Waals surface area contributed by atoms with Crippen LogP contribution >= 0.6 is 47.9 Å². The van der Waals surface area contributed by atoms with E-state index in [2.05, 4.69) is 20.3 Å². The van der Waals surface area contributed by atoms with E-state index in [9.17, 15) is 0 Å². The fourth-order valence-corrected chi connectivity index (χ4v) is 3.81. The van der Waals surface area contributed by atoms with Gasteiger partial charge in [0.05, 0.1) is 5.69 Å². The number of pyridine rings is 2. The first-order valence-corrected chi connectivity index (χ1v) is 9.96. The van der Waals surface area contributed by atoms with E-state index in [1.807, 2.05) is 67.0 Å². The number of nitrogens with zero attached hydrogens (tertiary/aromatic N) is 3. The largest absolute Gasteiger partial charge is 0.453 e. The van der Waals surface area contributed by atoms with Gasteiger partial charge in [-0.05, 0) is 31.2 Å². The van der Waals surface area contributed by atoms with Crippen LogP contribution in [-0.4, -0.2) is 15.0 Å². The Labute approximate surface area is 189 Å². The van der Waals surface area contributed by atoms with Crippen LogP contribution in [0.5, 0.6) is 11.5 Å². The molecule has 0 spiro atoms. The van der Waals surface area contributed by atoms with Gasteiger partial charge in [0, 0.05) is 39.8 Å². The van der Waals surface area contributed by atoms with Crippen molar-refractivity contribution in [3.8, 4) is 11.5 Å². The van der Waals surface area contributed by atoms with Gasteiger partial charge < -0.3 is 10.1 Å². The van der Waals surface area contributed by atoms with E-state index < -0.39 is 0 Å². The number of nitrogens with one attached hydrogen (secondary N) is 1. The van der Waals surface area contributed by atoms with Gasteiger partial charge in [-0.25, -0.2) is 9.97 Å². The molecule has 1 N–H and O–H groups in total. The predicted octanol–water partition coefficient (Wildman–Crippen LogP) is 6.77. The van der Waals surface area contributed by atoms with Crippen molar-refractivity contribution in [1.29, 1.82) is 0 Å². The average Bonchev–Trinajstić information content (AvgIpc) is 3.10. The van der Waals surface area contributed by atoms with Crippen molar-refractivity contribution >= 4 is 58.9 Å². The standard InChI is InChI=1S/C20H16N4OS2.2ClH/c1-14-13-26-20(23-14)24-19-18(25-15-5-3-2-4-6-15)11-17(12-22-19)27-16-7-9-21-10-8-16;;/h2-13H,1H3,(H,22,23,24);2*1H. The van der Waals surface area contributed by atoms with E-state index in [1.54, 1.807) is 24.2 Å². The van der Waals surface area contributed by atoms with Gasteiger partial charge in [0.2, 0.25) is 0 Å². The quantitative estimate of drug-likeness (QED) is 0.339. The summed E-state index contributed by atoms with van der Waals surface area (Å²) < 4.78 is 6.09. The first-order valence-electron chi connectivity index (χ1n) is 8.26. The molecule has 150 valence electrons. The lowest BCUT2D eigenvalue weighted by Gasteiger charge is -2.12. The summed E-state index contributed by atoms with van der Waals surface area (Å²) in [5.41, 5.74) is 0.970. The number of hydrogen-bond donors (Lipinski definition) is 1. The van der Waals surface area contributed by atoms with Crippen molar-refractivity contribution in [1.82, 2.24) is 15.0 Å². The zero-order chi connectivity index (χ0) is 18.5. The Kier molecular flexibility index (Phi) is 8.72. The molecule has 1 aromatic carbocycles. The summed E-state index contributed by atoms with van der Waals surface area (Å²) in [5.74, 6) is 2.03. The molecule has 3 heterocycles. The Balaban J connectivity index is 0.00000150. The highest BCUT2D eigenvalue weighted by Crippen LogP contribution is 2.36. The van der Waals surface area contributed by atoms with Crippen LogP contribution < -0.4 is 10.1 Å². The van der Waals surface area contributed by atoms with E-state index in [0.717, 1.165) is 26.4 Å². The van der Waals surface area contributed by atoms with E-state index in [0.29, 0.717) is 11.6 Å². The Hall–Kier alpha value is -2.32. The molecule has 0 unspecified atom stereocenters. The van der Waals surface area contributed by atoms with Crippen molar-refractivity contribution in [2.75, 3.05) is 5.32 Å². The van der Waals surface area contributed by atoms with E-state index in [4.69, 9.17) is 4.74 Å². The highest BCUT2D eigenvalue weighted by Gasteiger charge is 2.11. The number of benzene rings is 1. The molecular weight excluding hydrogens is 447 g/mol. The van der Waals surface area contributed by atoms with Gasteiger partial charge in [-0.1, -0.05) is 30.0 Å². The maximum Gasteiger partial charge on any atom is 0.188 e. The SMILES string of the molecule is Cc1csc(Nc2ncc(Sc3ccncc3)cc2Oc2ccccc2)n1.Cl.Cl. The van der Waals surface area contributed by atoms with Crippen LogP contribution in [0.25, 0.3) is 0 Å². The fourth-order valence-electron chi connectivity index (χ4n) is 2.32. The third-order valence-corrected chi connectivity index (χ3v) is 5.37. The Morgan fingerprint density at radius 1 is 1.00 bits per heavy atom. The molecule has 9 heteroatoms. The maximum atomic E-state index is 6.09. The van der Waals surface area contributed by atoms with Crippen LogP contribution in [0.1, 0.15) is 5.69 Å². The molecule has 3 aromatic heterocycles. The minimum absolute atomic E-state index is 0. The van der Waals surface area contributed by atoms with Crippen molar-refractivity contribution in [3.63, 3.8) is 0 Å². The number of aryl methyl sites for hydroxylation is 1. The summed E-state index contributed by atoms with van der Waals surface area (Å²) in [6.45, 7) is 1.96. The first-order chi connectivity index (χ1) is 13.3. The first kappa shape index (κ1) is 23.0. The molecule has 0 aliphatic heterocycles. The van der Waals surface area contributed by atoms with Crippen LogP contribution in [-0.2, 0) is 0 Å². The number of thiazole rings is 1. The lowest BCUT2D eigenvalue weighted by atomic mass is 10.3. The van der Waals surface area contributed by atoms with Gasteiger partial charge in [-0.15, -0.1) is 36.2 Å². The number of aromatic nitrogens is 3. The monoisotopic (exact) mass is 464 g/mol. The van der Waals surface area contributed by atoms with Crippen LogP contribution in [0, 0.1) is 6.92 Å². The molecule has 0 radical (unpaired) electrons. The van der Waals surface area contributed by atoms with E-state index in [1.165, 1.54) is 11.3 Å². The topological polar surface area (TPSA) is 59.9 Å². The molecule has 29 heavy (non-hydrogen) atoms. The fraction of sp³-hybridized carbons (Fsp3) is 0.0500. The van der Waals surface area contributed by atoms with Gasteiger partial charge in [-0.2, -0.15) is 0 Å². The Bertz CT molecular complexity index is 1030. The third-order valence-electron chi connectivity index (χ3n) is 3.53. The molecule has 4 rings (SSSR count). The zero-order valence-corrected chi connectivity index (χ0v) is 18.6. The summed E-state index contributed by atoms with van der Waals surface area (Å²) in [6.07, 6.45) is 5.38. The third kappa shape index (κ3) is 6.33. The zero-order valence-electron chi connectivity index (χ0n) is 15.3. The molecule has 5 nitrogen and oxygen atoms in total. The van der Waals surface area contributed by atoms with Gasteiger partial charge >= 0.3 is 0 Å². The number of anilines is 2.